The first-order valence-electron chi connectivity index (χ1n) is 11.2. The molecular weight excluding hydrogens is 509 g/mol. The van der Waals surface area contributed by atoms with Crippen molar-refractivity contribution in [2.75, 3.05) is 44.3 Å². The number of aryl methyl sites for hydroxylation is 1. The van der Waals surface area contributed by atoms with Gasteiger partial charge in [-0.05, 0) is 43.2 Å². The van der Waals surface area contributed by atoms with Gasteiger partial charge in [-0.2, -0.15) is 0 Å². The predicted octanol–water partition coefficient (Wildman–Crippen LogP) is 5.16. The highest BCUT2D eigenvalue weighted by atomic mass is 35.5. The van der Waals surface area contributed by atoms with Crippen molar-refractivity contribution in [3.8, 4) is 0 Å². The van der Waals surface area contributed by atoms with Crippen molar-refractivity contribution in [2.24, 2.45) is 0 Å². The number of morpholine rings is 1. The Morgan fingerprint density at radius 3 is 2.77 bits per heavy atom. The molecule has 4 aromatic rings. The fourth-order valence-corrected chi connectivity index (χ4v) is 5.32. The highest BCUT2D eigenvalue weighted by Crippen LogP contribution is 2.34. The number of anilines is 1. The van der Waals surface area contributed by atoms with Crippen LogP contribution in [0.15, 0.2) is 51.7 Å². The average Bonchev–Trinajstić information content (AvgIpc) is 3.29. The van der Waals surface area contributed by atoms with Gasteiger partial charge >= 0.3 is 5.63 Å². The number of ether oxygens (including phenoxy) is 1. The third-order valence-electron chi connectivity index (χ3n) is 6.04. The van der Waals surface area contributed by atoms with E-state index in [4.69, 9.17) is 25.7 Å². The lowest BCUT2D eigenvalue weighted by atomic mass is 10.1. The molecule has 1 fully saturated rings. The van der Waals surface area contributed by atoms with E-state index in [2.05, 4.69) is 4.90 Å². The Hall–Kier alpha value is -2.49. The first-order valence-corrected chi connectivity index (χ1v) is 12.4. The molecule has 35 heavy (non-hydrogen) atoms. The van der Waals surface area contributed by atoms with Crippen molar-refractivity contribution >= 4 is 67.6 Å². The maximum absolute atomic E-state index is 13.7. The third-order valence-corrected chi connectivity index (χ3v) is 7.50. The van der Waals surface area contributed by atoms with E-state index in [0.29, 0.717) is 27.7 Å². The molecule has 0 bridgehead atoms. The summed E-state index contributed by atoms with van der Waals surface area (Å²) in [5.74, 6) is -0.413. The minimum Gasteiger partial charge on any atom is -0.422 e. The van der Waals surface area contributed by atoms with Gasteiger partial charge < -0.3 is 9.15 Å². The van der Waals surface area contributed by atoms with Gasteiger partial charge in [-0.15, -0.1) is 12.4 Å². The van der Waals surface area contributed by atoms with Gasteiger partial charge in [0.15, 0.2) is 5.13 Å². The van der Waals surface area contributed by atoms with Crippen LogP contribution < -0.4 is 10.5 Å². The van der Waals surface area contributed by atoms with E-state index in [1.165, 1.54) is 11.3 Å². The monoisotopic (exact) mass is 533 g/mol. The first kappa shape index (κ1) is 25.6. The molecule has 10 heteroatoms. The molecule has 7 nitrogen and oxygen atoms in total. The van der Waals surface area contributed by atoms with E-state index in [0.717, 1.165) is 55.0 Å². The summed E-state index contributed by atoms with van der Waals surface area (Å²) in [7, 11) is 0. The van der Waals surface area contributed by atoms with Crippen LogP contribution in [0.25, 0.3) is 21.2 Å². The van der Waals surface area contributed by atoms with Crippen LogP contribution in [0, 0.1) is 6.92 Å². The maximum atomic E-state index is 13.7. The number of carbonyl (C=O) groups excluding carboxylic acids is 1. The summed E-state index contributed by atoms with van der Waals surface area (Å²) in [6.07, 6.45) is 0.736. The molecule has 1 saturated heterocycles. The smallest absolute Gasteiger partial charge is 0.349 e. The molecule has 0 aliphatic carbocycles. The van der Waals surface area contributed by atoms with Gasteiger partial charge in [0.2, 0.25) is 0 Å². The Morgan fingerprint density at radius 1 is 1.20 bits per heavy atom. The number of thiazole rings is 1. The zero-order chi connectivity index (χ0) is 23.7. The van der Waals surface area contributed by atoms with Crippen molar-refractivity contribution in [1.82, 2.24) is 9.88 Å². The lowest BCUT2D eigenvalue weighted by Gasteiger charge is -2.27. The van der Waals surface area contributed by atoms with Crippen LogP contribution >= 0.6 is 35.3 Å². The Balaban J connectivity index is 0.00000289. The molecule has 0 spiro atoms. The third kappa shape index (κ3) is 5.37. The summed E-state index contributed by atoms with van der Waals surface area (Å²) in [6, 6.07) is 12.5. The van der Waals surface area contributed by atoms with Crippen molar-refractivity contribution in [3.05, 3.63) is 69.0 Å². The Kier molecular flexibility index (Phi) is 8.09. The average molecular weight is 534 g/mol. The van der Waals surface area contributed by atoms with Crippen molar-refractivity contribution in [1.29, 1.82) is 0 Å². The van der Waals surface area contributed by atoms with Crippen LogP contribution in [0.5, 0.6) is 0 Å². The Morgan fingerprint density at radius 2 is 1.97 bits per heavy atom. The molecule has 0 saturated carbocycles. The fourth-order valence-electron chi connectivity index (χ4n) is 4.12. The summed E-state index contributed by atoms with van der Waals surface area (Å²) < 4.78 is 11.8. The van der Waals surface area contributed by atoms with Crippen molar-refractivity contribution in [3.63, 3.8) is 0 Å². The van der Waals surface area contributed by atoms with Crippen molar-refractivity contribution in [2.45, 2.75) is 13.3 Å². The molecule has 0 N–H and O–H groups in total. The predicted molar refractivity (Wildman–Crippen MR) is 143 cm³/mol. The molecular formula is C25H25Cl2N3O4S. The molecule has 1 amide bonds. The highest BCUT2D eigenvalue weighted by molar-refractivity contribution is 7.22. The van der Waals surface area contributed by atoms with Crippen LogP contribution in [0.4, 0.5) is 5.13 Å². The zero-order valence-corrected chi connectivity index (χ0v) is 21.5. The number of halogens is 2. The zero-order valence-electron chi connectivity index (χ0n) is 19.2. The number of aromatic nitrogens is 1. The summed E-state index contributed by atoms with van der Waals surface area (Å²) in [5, 5.41) is 1.87. The summed E-state index contributed by atoms with van der Waals surface area (Å²) in [6.45, 7) is 6.36. The molecule has 0 radical (unpaired) electrons. The number of rotatable bonds is 6. The summed E-state index contributed by atoms with van der Waals surface area (Å²) in [4.78, 5) is 35.1. The van der Waals surface area contributed by atoms with Crippen LogP contribution in [0.3, 0.4) is 0 Å². The number of carbonyl (C=O) groups is 1. The van der Waals surface area contributed by atoms with Gasteiger partial charge in [0.1, 0.15) is 11.1 Å². The minimum atomic E-state index is -0.651. The SMILES string of the molecule is Cc1c(Cl)ccc2sc(N(CCCN3CCOCC3)C(=O)c3cc4ccccc4oc3=O)nc12.Cl. The van der Waals surface area contributed by atoms with Crippen LogP contribution in [-0.4, -0.2) is 55.2 Å². The molecule has 2 aromatic heterocycles. The van der Waals surface area contributed by atoms with E-state index < -0.39 is 11.5 Å². The van der Waals surface area contributed by atoms with E-state index in [1.807, 2.05) is 31.2 Å². The molecule has 184 valence electrons. The minimum absolute atomic E-state index is 0. The second-order valence-electron chi connectivity index (χ2n) is 8.27. The first-order chi connectivity index (χ1) is 16.5. The normalized spacial score (nSPS) is 14.2. The van der Waals surface area contributed by atoms with E-state index in [-0.39, 0.29) is 18.0 Å². The molecule has 0 unspecified atom stereocenters. The fraction of sp³-hybridized carbons (Fsp3) is 0.320. The number of hydrogen-bond acceptors (Lipinski definition) is 7. The molecule has 5 rings (SSSR count). The van der Waals surface area contributed by atoms with Gasteiger partial charge in [-0.25, -0.2) is 9.78 Å². The van der Waals surface area contributed by atoms with Gasteiger partial charge in [-0.1, -0.05) is 41.1 Å². The summed E-state index contributed by atoms with van der Waals surface area (Å²) in [5.41, 5.74) is 1.44. The molecule has 2 aromatic carbocycles. The number of para-hydroxylation sites is 1. The molecule has 0 atom stereocenters. The topological polar surface area (TPSA) is 75.9 Å². The van der Waals surface area contributed by atoms with Gasteiger partial charge in [0.05, 0.1) is 23.4 Å². The number of fused-ring (bicyclic) bond motifs is 2. The van der Waals surface area contributed by atoms with E-state index in [9.17, 15) is 9.59 Å². The molecule has 3 heterocycles. The number of hydrogen-bond donors (Lipinski definition) is 0. The Labute approximate surface area is 217 Å². The van der Waals surface area contributed by atoms with Crippen LogP contribution in [0.2, 0.25) is 5.02 Å². The van der Waals surface area contributed by atoms with Gasteiger partial charge in [0.25, 0.3) is 5.91 Å². The second kappa shape index (κ2) is 11.1. The van der Waals surface area contributed by atoms with Crippen LogP contribution in [0.1, 0.15) is 22.3 Å². The summed E-state index contributed by atoms with van der Waals surface area (Å²) >= 11 is 7.71. The molecule has 1 aliphatic heterocycles. The number of nitrogens with zero attached hydrogens (tertiary/aromatic N) is 3. The van der Waals surface area contributed by atoms with Gasteiger partial charge in [0, 0.05) is 36.6 Å². The maximum Gasteiger partial charge on any atom is 0.349 e. The standard InChI is InChI=1S/C25H24ClN3O4S.ClH/c1-16-19(26)7-8-21-22(16)27-25(34-21)29(10-4-9-28-11-13-32-14-12-28)23(30)18-15-17-5-2-3-6-20(17)33-24(18)31;/h2-3,5-8,15H,4,9-14H2,1H3;1H. The quantitative estimate of drug-likeness (QED) is 0.319. The Bertz CT molecular complexity index is 1420. The van der Waals surface area contributed by atoms with E-state index in [1.54, 1.807) is 23.1 Å². The molecule has 1 aliphatic rings. The lowest BCUT2D eigenvalue weighted by molar-refractivity contribution is 0.0376. The largest absolute Gasteiger partial charge is 0.422 e. The lowest BCUT2D eigenvalue weighted by Crippen LogP contribution is -2.40. The van der Waals surface area contributed by atoms with E-state index >= 15 is 0 Å². The second-order valence-corrected chi connectivity index (χ2v) is 9.68. The number of amides is 1. The van der Waals surface area contributed by atoms with Crippen LogP contribution in [-0.2, 0) is 4.74 Å². The van der Waals surface area contributed by atoms with Gasteiger partial charge in [-0.3, -0.25) is 14.6 Å². The van der Waals surface area contributed by atoms with Crippen molar-refractivity contribution < 1.29 is 13.9 Å². The number of benzene rings is 2. The highest BCUT2D eigenvalue weighted by Gasteiger charge is 2.25.